The first-order chi connectivity index (χ1) is 15.1. The van der Waals surface area contributed by atoms with Gasteiger partial charge in [-0.1, -0.05) is 36.2 Å². The van der Waals surface area contributed by atoms with Crippen molar-refractivity contribution in [1.29, 1.82) is 0 Å². The van der Waals surface area contributed by atoms with Gasteiger partial charge in [0.15, 0.2) is 0 Å². The molecule has 2 aromatic rings. The van der Waals surface area contributed by atoms with Crippen molar-refractivity contribution in [3.05, 3.63) is 58.1 Å². The highest BCUT2D eigenvalue weighted by molar-refractivity contribution is 7.92. The number of hydrogen-bond acceptors (Lipinski definition) is 4. The molecule has 1 saturated heterocycles. The maximum atomic E-state index is 13.1. The number of hydrogen-bond donors (Lipinski definition) is 2. The van der Waals surface area contributed by atoms with Gasteiger partial charge in [0, 0.05) is 23.8 Å². The van der Waals surface area contributed by atoms with Gasteiger partial charge in [-0.05, 0) is 62.6 Å². The third-order valence-corrected chi connectivity index (χ3v) is 7.50. The third kappa shape index (κ3) is 5.54. The summed E-state index contributed by atoms with van der Waals surface area (Å²) in [6.45, 7) is 4.37. The highest BCUT2D eigenvalue weighted by Gasteiger charge is 2.35. The average molecular weight is 498 g/mol. The van der Waals surface area contributed by atoms with E-state index in [0.717, 1.165) is 12.8 Å². The van der Waals surface area contributed by atoms with E-state index in [1.54, 1.807) is 23.1 Å². The van der Waals surface area contributed by atoms with Gasteiger partial charge in [0.25, 0.3) is 15.9 Å². The number of halogens is 2. The Bertz CT molecular complexity index is 1120. The molecule has 2 amide bonds. The van der Waals surface area contributed by atoms with Gasteiger partial charge in [-0.2, -0.15) is 0 Å². The van der Waals surface area contributed by atoms with Gasteiger partial charge < -0.3 is 10.2 Å². The van der Waals surface area contributed by atoms with E-state index >= 15 is 0 Å². The Kier molecular flexibility index (Phi) is 7.69. The number of sulfonamides is 1. The number of amides is 2. The number of benzene rings is 2. The lowest BCUT2D eigenvalue weighted by molar-refractivity contribution is -0.125. The van der Waals surface area contributed by atoms with Crippen LogP contribution in [0.25, 0.3) is 0 Å². The van der Waals surface area contributed by atoms with Crippen molar-refractivity contribution < 1.29 is 18.0 Å². The predicted molar refractivity (Wildman–Crippen MR) is 126 cm³/mol. The molecule has 0 saturated carbocycles. The van der Waals surface area contributed by atoms with Crippen LogP contribution in [0.15, 0.2) is 47.4 Å². The summed E-state index contributed by atoms with van der Waals surface area (Å²) >= 11 is 11.8. The zero-order valence-electron chi connectivity index (χ0n) is 17.8. The predicted octanol–water partition coefficient (Wildman–Crippen LogP) is 4.31. The summed E-state index contributed by atoms with van der Waals surface area (Å²) in [5.74, 6) is -0.482. The first-order valence-corrected chi connectivity index (χ1v) is 12.6. The van der Waals surface area contributed by atoms with Gasteiger partial charge in [0.05, 0.1) is 14.9 Å². The monoisotopic (exact) mass is 497 g/mol. The first-order valence-electron chi connectivity index (χ1n) is 10.3. The lowest BCUT2D eigenvalue weighted by atomic mass is 10.1. The van der Waals surface area contributed by atoms with E-state index in [0.29, 0.717) is 18.5 Å². The Balaban J connectivity index is 1.78. The molecular formula is C22H25Cl2N3O4S. The van der Waals surface area contributed by atoms with Crippen LogP contribution in [0, 0.1) is 0 Å². The number of anilines is 1. The number of nitrogens with one attached hydrogen (secondary N) is 2. The summed E-state index contributed by atoms with van der Waals surface area (Å²) in [7, 11) is -3.94. The Morgan fingerprint density at radius 2 is 1.91 bits per heavy atom. The number of likely N-dealkylation sites (tertiary alicyclic amines) is 1. The van der Waals surface area contributed by atoms with E-state index in [2.05, 4.69) is 10.0 Å². The minimum absolute atomic E-state index is 0.0270. The fourth-order valence-corrected chi connectivity index (χ4v) is 4.90. The molecule has 1 aliphatic rings. The standard InChI is InChI=1S/C22H25Cl2N3O4S/c1-3-14(2)25-21(28)20-8-5-11-27(20)22(29)15-6-4-7-16(12-15)26-32(30,31)17-9-10-18(23)19(24)13-17/h4,6-7,9-10,12-14,20,26H,3,5,8,11H2,1-2H3,(H,25,28)/t14-,20+/m1/s1. The summed E-state index contributed by atoms with van der Waals surface area (Å²) in [4.78, 5) is 27.2. The van der Waals surface area contributed by atoms with E-state index in [1.807, 2.05) is 13.8 Å². The maximum absolute atomic E-state index is 13.1. The van der Waals surface area contributed by atoms with Gasteiger partial charge in [-0.15, -0.1) is 0 Å². The Labute approximate surface area is 198 Å². The van der Waals surface area contributed by atoms with Crippen molar-refractivity contribution in [1.82, 2.24) is 10.2 Å². The second-order valence-corrected chi connectivity index (χ2v) is 10.2. The number of rotatable bonds is 7. The van der Waals surface area contributed by atoms with E-state index in [1.165, 1.54) is 24.3 Å². The van der Waals surface area contributed by atoms with Gasteiger partial charge in [0.2, 0.25) is 5.91 Å². The third-order valence-electron chi connectivity index (χ3n) is 5.38. The SMILES string of the molecule is CC[C@@H](C)NC(=O)[C@@H]1CCCN1C(=O)c1cccc(NS(=O)(=O)c2ccc(Cl)c(Cl)c2)c1. The fraction of sp³-hybridized carbons (Fsp3) is 0.364. The van der Waals surface area contributed by atoms with Crippen LogP contribution in [0.5, 0.6) is 0 Å². The van der Waals surface area contributed by atoms with Crippen LogP contribution >= 0.6 is 23.2 Å². The van der Waals surface area contributed by atoms with Crippen LogP contribution in [0.3, 0.4) is 0 Å². The first kappa shape index (κ1) is 24.4. The lowest BCUT2D eigenvalue weighted by Gasteiger charge is -2.25. The van der Waals surface area contributed by atoms with Crippen LogP contribution in [0.2, 0.25) is 10.0 Å². The van der Waals surface area contributed by atoms with E-state index < -0.39 is 16.1 Å². The van der Waals surface area contributed by atoms with Gasteiger partial charge >= 0.3 is 0 Å². The van der Waals surface area contributed by atoms with Gasteiger partial charge in [-0.25, -0.2) is 8.42 Å². The summed E-state index contributed by atoms with van der Waals surface area (Å²) in [6.07, 6.45) is 2.12. The Morgan fingerprint density at radius 1 is 1.16 bits per heavy atom. The minimum atomic E-state index is -3.94. The van der Waals surface area contributed by atoms with Crippen molar-refractivity contribution in [3.8, 4) is 0 Å². The van der Waals surface area contributed by atoms with E-state index in [9.17, 15) is 18.0 Å². The van der Waals surface area contributed by atoms with Crippen LogP contribution in [-0.2, 0) is 14.8 Å². The normalized spacial score (nSPS) is 17.1. The molecule has 2 aromatic carbocycles. The number of nitrogens with zero attached hydrogens (tertiary/aromatic N) is 1. The lowest BCUT2D eigenvalue weighted by Crippen LogP contribution is -2.48. The smallest absolute Gasteiger partial charge is 0.261 e. The summed E-state index contributed by atoms with van der Waals surface area (Å²) < 4.78 is 27.9. The van der Waals surface area contributed by atoms with Crippen LogP contribution in [-0.4, -0.2) is 43.8 Å². The molecule has 1 heterocycles. The van der Waals surface area contributed by atoms with Gasteiger partial charge in [0.1, 0.15) is 6.04 Å². The Hall–Kier alpha value is -2.29. The van der Waals surface area contributed by atoms with Crippen molar-refractivity contribution in [3.63, 3.8) is 0 Å². The van der Waals surface area contributed by atoms with Crippen molar-refractivity contribution in [2.75, 3.05) is 11.3 Å². The molecule has 10 heteroatoms. The maximum Gasteiger partial charge on any atom is 0.261 e. The van der Waals surface area contributed by atoms with Crippen LogP contribution < -0.4 is 10.0 Å². The van der Waals surface area contributed by atoms with Crippen LogP contribution in [0.4, 0.5) is 5.69 Å². The molecule has 2 atom stereocenters. The van der Waals surface area contributed by atoms with Crippen molar-refractivity contribution in [2.45, 2.75) is 50.1 Å². The fourth-order valence-electron chi connectivity index (χ4n) is 3.46. The topological polar surface area (TPSA) is 95.6 Å². The highest BCUT2D eigenvalue weighted by Crippen LogP contribution is 2.27. The molecule has 1 aliphatic heterocycles. The zero-order valence-corrected chi connectivity index (χ0v) is 20.1. The minimum Gasteiger partial charge on any atom is -0.352 e. The van der Waals surface area contributed by atoms with Crippen molar-refractivity contribution in [2.24, 2.45) is 0 Å². The molecule has 0 radical (unpaired) electrons. The molecule has 0 bridgehead atoms. The molecule has 3 rings (SSSR count). The molecule has 1 fully saturated rings. The van der Waals surface area contributed by atoms with E-state index in [-0.39, 0.29) is 38.5 Å². The highest BCUT2D eigenvalue weighted by atomic mass is 35.5. The number of carbonyl (C=O) groups excluding carboxylic acids is 2. The van der Waals surface area contributed by atoms with Crippen LogP contribution in [0.1, 0.15) is 43.5 Å². The summed E-state index contributed by atoms with van der Waals surface area (Å²) in [5, 5.41) is 3.30. The van der Waals surface area contributed by atoms with Crippen molar-refractivity contribution >= 4 is 50.7 Å². The number of carbonyl (C=O) groups is 2. The molecule has 7 nitrogen and oxygen atoms in total. The Morgan fingerprint density at radius 3 is 2.59 bits per heavy atom. The second-order valence-electron chi connectivity index (χ2n) is 7.74. The second kappa shape index (κ2) is 10.1. The summed E-state index contributed by atoms with van der Waals surface area (Å²) in [6, 6.07) is 9.68. The molecule has 0 aromatic heterocycles. The molecule has 32 heavy (non-hydrogen) atoms. The largest absolute Gasteiger partial charge is 0.352 e. The van der Waals surface area contributed by atoms with E-state index in [4.69, 9.17) is 23.2 Å². The summed E-state index contributed by atoms with van der Waals surface area (Å²) in [5.41, 5.74) is 0.518. The molecule has 0 spiro atoms. The molecule has 172 valence electrons. The molecular weight excluding hydrogens is 473 g/mol. The molecule has 0 aliphatic carbocycles. The quantitative estimate of drug-likeness (QED) is 0.595. The zero-order chi connectivity index (χ0) is 23.5. The molecule has 0 unspecified atom stereocenters. The van der Waals surface area contributed by atoms with Gasteiger partial charge in [-0.3, -0.25) is 14.3 Å². The molecule has 2 N–H and O–H groups in total. The average Bonchev–Trinajstić information content (AvgIpc) is 3.25.